The van der Waals surface area contributed by atoms with Crippen molar-refractivity contribution in [3.63, 3.8) is 0 Å². The van der Waals surface area contributed by atoms with Crippen molar-refractivity contribution in [2.24, 2.45) is 0 Å². The van der Waals surface area contributed by atoms with Gasteiger partial charge in [0.15, 0.2) is 17.0 Å². The van der Waals surface area contributed by atoms with Crippen LogP contribution < -0.4 is 10.5 Å². The van der Waals surface area contributed by atoms with Gasteiger partial charge in [-0.2, -0.15) is 4.98 Å². The molecule has 0 saturated carbocycles. The molecule has 0 spiro atoms. The number of nitrogens with two attached hydrogens (primary N) is 1. The number of imidazole rings is 1. The second-order valence-corrected chi connectivity index (χ2v) is 5.44. The first-order valence-electron chi connectivity index (χ1n) is 7.52. The molecular weight excluding hydrogens is 268 g/mol. The Hall–Kier alpha value is -1.89. The van der Waals surface area contributed by atoms with Gasteiger partial charge in [0.25, 0.3) is 6.01 Å². The van der Waals surface area contributed by atoms with E-state index in [1.165, 1.54) is 38.7 Å². The van der Waals surface area contributed by atoms with Crippen molar-refractivity contribution in [3.05, 3.63) is 6.33 Å². The number of ether oxygens (including phenoxy) is 1. The molecule has 2 aromatic heterocycles. The lowest BCUT2D eigenvalue weighted by atomic mass is 10.1. The van der Waals surface area contributed by atoms with Crippen molar-refractivity contribution < 1.29 is 4.74 Å². The van der Waals surface area contributed by atoms with Crippen LogP contribution in [0.3, 0.4) is 0 Å². The van der Waals surface area contributed by atoms with Gasteiger partial charge < -0.3 is 15.4 Å². The third kappa shape index (κ3) is 2.92. The van der Waals surface area contributed by atoms with Crippen LogP contribution in [-0.2, 0) is 6.54 Å². The molecule has 1 saturated heterocycles. The number of nitrogen functional groups attached to an aromatic ring is 1. The molecule has 0 aromatic carbocycles. The van der Waals surface area contributed by atoms with Gasteiger partial charge in [-0.05, 0) is 38.9 Å². The third-order valence-corrected chi connectivity index (χ3v) is 4.01. The summed E-state index contributed by atoms with van der Waals surface area (Å²) in [6.45, 7) is 4.36. The fraction of sp³-hybridized carbons (Fsp3) is 0.643. The zero-order chi connectivity index (χ0) is 14.7. The van der Waals surface area contributed by atoms with E-state index < -0.39 is 0 Å². The molecule has 7 nitrogen and oxygen atoms in total. The standard InChI is InChI=1S/C14H22N6O/c1-21-14-18-11-12(15)16-10-17-13(11)20(14)9-5-8-19-6-3-2-4-7-19/h10H,2-9H2,1H3,(H2,15,16,17). The van der Waals surface area contributed by atoms with Gasteiger partial charge in [0.05, 0.1) is 7.11 Å². The Bertz CT molecular complexity index is 605. The van der Waals surface area contributed by atoms with E-state index in [4.69, 9.17) is 10.5 Å². The Kier molecular flexibility index (Phi) is 4.19. The lowest BCUT2D eigenvalue weighted by molar-refractivity contribution is 0.221. The molecule has 0 atom stereocenters. The van der Waals surface area contributed by atoms with Gasteiger partial charge in [-0.15, -0.1) is 0 Å². The van der Waals surface area contributed by atoms with E-state index in [-0.39, 0.29) is 0 Å². The lowest BCUT2D eigenvalue weighted by Gasteiger charge is -2.26. The molecule has 1 aliphatic rings. The summed E-state index contributed by atoms with van der Waals surface area (Å²) in [5, 5.41) is 0. The topological polar surface area (TPSA) is 82.1 Å². The maximum absolute atomic E-state index is 5.85. The minimum Gasteiger partial charge on any atom is -0.468 e. The molecule has 0 aliphatic carbocycles. The number of likely N-dealkylation sites (tertiary alicyclic amines) is 1. The van der Waals surface area contributed by atoms with Crippen molar-refractivity contribution in [2.75, 3.05) is 32.5 Å². The number of methoxy groups -OCH3 is 1. The molecule has 0 radical (unpaired) electrons. The maximum Gasteiger partial charge on any atom is 0.298 e. The quantitative estimate of drug-likeness (QED) is 0.893. The maximum atomic E-state index is 5.85. The molecule has 3 rings (SSSR count). The van der Waals surface area contributed by atoms with Crippen molar-refractivity contribution in [3.8, 4) is 6.01 Å². The van der Waals surface area contributed by atoms with Gasteiger partial charge in [-0.1, -0.05) is 6.42 Å². The van der Waals surface area contributed by atoms with E-state index in [0.717, 1.165) is 25.2 Å². The number of hydrogen-bond donors (Lipinski definition) is 1. The second-order valence-electron chi connectivity index (χ2n) is 5.44. The average molecular weight is 290 g/mol. The molecule has 0 amide bonds. The molecule has 114 valence electrons. The number of rotatable bonds is 5. The number of aryl methyl sites for hydroxylation is 1. The first-order valence-corrected chi connectivity index (χ1v) is 7.52. The van der Waals surface area contributed by atoms with Gasteiger partial charge in [0, 0.05) is 6.54 Å². The zero-order valence-electron chi connectivity index (χ0n) is 12.5. The number of nitrogens with zero attached hydrogens (tertiary/aromatic N) is 5. The van der Waals surface area contributed by atoms with Crippen LogP contribution in [0.5, 0.6) is 6.01 Å². The predicted molar refractivity (Wildman–Crippen MR) is 81.2 cm³/mol. The molecule has 2 aromatic rings. The highest BCUT2D eigenvalue weighted by molar-refractivity contribution is 5.82. The van der Waals surface area contributed by atoms with Crippen molar-refractivity contribution in [1.29, 1.82) is 0 Å². The summed E-state index contributed by atoms with van der Waals surface area (Å²) in [6.07, 6.45) is 6.53. The summed E-state index contributed by atoms with van der Waals surface area (Å²) in [7, 11) is 1.62. The molecule has 3 heterocycles. The Morgan fingerprint density at radius 1 is 1.19 bits per heavy atom. The summed E-state index contributed by atoms with van der Waals surface area (Å²) >= 11 is 0. The Morgan fingerprint density at radius 3 is 2.76 bits per heavy atom. The average Bonchev–Trinajstić information content (AvgIpc) is 2.88. The molecule has 1 aliphatic heterocycles. The Balaban J connectivity index is 1.72. The van der Waals surface area contributed by atoms with Gasteiger partial charge in [-0.3, -0.25) is 4.57 Å². The number of aromatic nitrogens is 4. The molecule has 0 bridgehead atoms. The van der Waals surface area contributed by atoms with E-state index in [9.17, 15) is 0 Å². The Labute approximate surface area is 124 Å². The first-order chi connectivity index (χ1) is 10.3. The predicted octanol–water partition coefficient (Wildman–Crippen LogP) is 1.29. The SMILES string of the molecule is COc1nc2c(N)ncnc2n1CCCN1CCCCC1. The van der Waals surface area contributed by atoms with Crippen LogP contribution in [0.25, 0.3) is 11.2 Å². The van der Waals surface area contributed by atoms with Crippen LogP contribution in [0.1, 0.15) is 25.7 Å². The number of piperidine rings is 1. The van der Waals surface area contributed by atoms with Crippen LogP contribution in [-0.4, -0.2) is 51.2 Å². The summed E-state index contributed by atoms with van der Waals surface area (Å²) in [5.74, 6) is 0.396. The normalized spacial score (nSPS) is 16.4. The summed E-state index contributed by atoms with van der Waals surface area (Å²) < 4.78 is 7.33. The van der Waals surface area contributed by atoms with Crippen molar-refractivity contribution >= 4 is 17.0 Å². The van der Waals surface area contributed by atoms with Crippen LogP contribution in [0.15, 0.2) is 6.33 Å². The molecule has 7 heteroatoms. The van der Waals surface area contributed by atoms with Crippen molar-refractivity contribution in [1.82, 2.24) is 24.4 Å². The largest absolute Gasteiger partial charge is 0.468 e. The number of anilines is 1. The second kappa shape index (κ2) is 6.26. The van der Waals surface area contributed by atoms with Crippen LogP contribution in [0.2, 0.25) is 0 Å². The number of fused-ring (bicyclic) bond motifs is 1. The monoisotopic (exact) mass is 290 g/mol. The van der Waals surface area contributed by atoms with Crippen LogP contribution in [0, 0.1) is 0 Å². The minimum atomic E-state index is 0.396. The summed E-state index contributed by atoms with van der Waals surface area (Å²) in [5.41, 5.74) is 7.21. The van der Waals surface area contributed by atoms with Crippen molar-refractivity contribution in [2.45, 2.75) is 32.2 Å². The van der Waals surface area contributed by atoms with Crippen LogP contribution in [0.4, 0.5) is 5.82 Å². The highest BCUT2D eigenvalue weighted by Crippen LogP contribution is 2.22. The lowest BCUT2D eigenvalue weighted by Crippen LogP contribution is -2.31. The molecule has 1 fully saturated rings. The van der Waals surface area contributed by atoms with Gasteiger partial charge in [-0.25, -0.2) is 9.97 Å². The van der Waals surface area contributed by atoms with Gasteiger partial charge >= 0.3 is 0 Å². The van der Waals surface area contributed by atoms with E-state index in [1.54, 1.807) is 7.11 Å². The van der Waals surface area contributed by atoms with Gasteiger partial charge in [0.1, 0.15) is 6.33 Å². The molecule has 21 heavy (non-hydrogen) atoms. The van der Waals surface area contributed by atoms with E-state index in [0.29, 0.717) is 17.3 Å². The fourth-order valence-corrected chi connectivity index (χ4v) is 2.93. The van der Waals surface area contributed by atoms with E-state index in [1.807, 2.05) is 4.57 Å². The van der Waals surface area contributed by atoms with Gasteiger partial charge in [0.2, 0.25) is 0 Å². The fourth-order valence-electron chi connectivity index (χ4n) is 2.93. The smallest absolute Gasteiger partial charge is 0.298 e. The third-order valence-electron chi connectivity index (χ3n) is 4.01. The number of hydrogen-bond acceptors (Lipinski definition) is 6. The summed E-state index contributed by atoms with van der Waals surface area (Å²) in [6, 6.07) is 0.552. The summed E-state index contributed by atoms with van der Waals surface area (Å²) in [4.78, 5) is 15.2. The highest BCUT2D eigenvalue weighted by atomic mass is 16.5. The highest BCUT2D eigenvalue weighted by Gasteiger charge is 2.15. The van der Waals surface area contributed by atoms with E-state index >= 15 is 0 Å². The molecule has 0 unspecified atom stereocenters. The Morgan fingerprint density at radius 2 is 2.00 bits per heavy atom. The van der Waals surface area contributed by atoms with E-state index in [2.05, 4.69) is 19.9 Å². The minimum absolute atomic E-state index is 0.396. The zero-order valence-corrected chi connectivity index (χ0v) is 12.5. The molecular formula is C14H22N6O. The molecule has 2 N–H and O–H groups in total. The van der Waals surface area contributed by atoms with Crippen LogP contribution >= 0.6 is 0 Å². The first kappa shape index (κ1) is 14.1.